The number of aliphatic hydroxyl groups excluding tert-OH is 3. The van der Waals surface area contributed by atoms with E-state index >= 15 is 0 Å². The van der Waals surface area contributed by atoms with Crippen molar-refractivity contribution in [2.45, 2.75) is 77.4 Å². The number of rotatable bonds is 19. The van der Waals surface area contributed by atoms with E-state index in [9.17, 15) is 25.2 Å². The summed E-state index contributed by atoms with van der Waals surface area (Å²) in [6.45, 7) is 13.0. The summed E-state index contributed by atoms with van der Waals surface area (Å²) in [6, 6.07) is 0. The Labute approximate surface area is 277 Å². The third-order valence-corrected chi connectivity index (χ3v) is 10.6. The van der Waals surface area contributed by atoms with Gasteiger partial charge in [-0.25, -0.2) is 0 Å². The first-order valence-electron chi connectivity index (χ1n) is 17.2. The number of carbonyl (C=O) groups is 1. The molecule has 0 aromatic heterocycles. The van der Waals surface area contributed by atoms with Crippen molar-refractivity contribution < 1.29 is 30.0 Å². The summed E-state index contributed by atoms with van der Waals surface area (Å²) in [5, 5.41) is 51.3. The number of nitrogens with one attached hydrogen (secondary N) is 2. The van der Waals surface area contributed by atoms with Crippen LogP contribution in [0.1, 0.15) is 65.7 Å². The van der Waals surface area contributed by atoms with Crippen molar-refractivity contribution in [1.82, 2.24) is 10.6 Å². The maximum absolute atomic E-state index is 12.7. The molecule has 0 aromatic carbocycles. The summed E-state index contributed by atoms with van der Waals surface area (Å²) >= 11 is 0. The zero-order valence-corrected chi connectivity index (χ0v) is 28.6. The van der Waals surface area contributed by atoms with Crippen molar-refractivity contribution in [1.29, 1.82) is 0 Å². The average molecular weight is 641 g/mol. The van der Waals surface area contributed by atoms with Crippen LogP contribution in [0.4, 0.5) is 0 Å². The van der Waals surface area contributed by atoms with Crippen LogP contribution in [0.15, 0.2) is 70.9 Å². The number of aliphatic hydroxyl groups is 4. The molecule has 2 saturated carbocycles. The summed E-state index contributed by atoms with van der Waals surface area (Å²) in [7, 11) is 1.87. The normalized spacial score (nSPS) is 32.5. The van der Waals surface area contributed by atoms with E-state index in [1.54, 1.807) is 0 Å². The predicted molar refractivity (Wildman–Crippen MR) is 185 cm³/mol. The van der Waals surface area contributed by atoms with Crippen molar-refractivity contribution in [3.8, 4) is 0 Å². The zero-order valence-electron chi connectivity index (χ0n) is 28.6. The largest absolute Gasteiger partial charge is 0.396 e. The Hall–Kier alpha value is -2.17. The van der Waals surface area contributed by atoms with E-state index in [1.165, 1.54) is 5.57 Å². The molecule has 3 rings (SSSR count). The fourth-order valence-electron chi connectivity index (χ4n) is 8.44. The van der Waals surface area contributed by atoms with Gasteiger partial charge in [-0.15, -0.1) is 0 Å². The molecule has 6 N–H and O–H groups in total. The highest BCUT2D eigenvalue weighted by molar-refractivity contribution is 5.74. The van der Waals surface area contributed by atoms with Crippen molar-refractivity contribution in [3.63, 3.8) is 0 Å². The fourth-order valence-corrected chi connectivity index (χ4v) is 8.44. The van der Waals surface area contributed by atoms with Crippen LogP contribution in [0.2, 0.25) is 0 Å². The van der Waals surface area contributed by atoms with E-state index in [2.05, 4.69) is 49.3 Å². The van der Waals surface area contributed by atoms with Gasteiger partial charge in [-0.3, -0.25) is 4.79 Å². The van der Waals surface area contributed by atoms with Crippen LogP contribution in [0.25, 0.3) is 0 Å². The molecule has 7 atom stereocenters. The minimum Gasteiger partial charge on any atom is -0.396 e. The number of aldehydes is 1. The van der Waals surface area contributed by atoms with Gasteiger partial charge >= 0.3 is 0 Å². The first-order chi connectivity index (χ1) is 22.1. The van der Waals surface area contributed by atoms with Gasteiger partial charge in [-0.05, 0) is 102 Å². The fraction of sp³-hybridized carbons (Fsp3) is 0.658. The molecule has 3 aliphatic carbocycles. The lowest BCUT2D eigenvalue weighted by Gasteiger charge is -2.61. The van der Waals surface area contributed by atoms with Gasteiger partial charge in [0.25, 0.3) is 0 Å². The third-order valence-electron chi connectivity index (χ3n) is 10.6. The van der Waals surface area contributed by atoms with Crippen LogP contribution in [0.5, 0.6) is 0 Å². The Bertz CT molecular complexity index is 1170. The van der Waals surface area contributed by atoms with Crippen molar-refractivity contribution in [2.75, 3.05) is 53.1 Å². The molecule has 46 heavy (non-hydrogen) atoms. The molecule has 8 nitrogen and oxygen atoms in total. The molecule has 0 heterocycles. The Balaban J connectivity index is 1.98. The lowest BCUT2D eigenvalue weighted by Crippen LogP contribution is -2.65. The van der Waals surface area contributed by atoms with Crippen LogP contribution >= 0.6 is 0 Å². The lowest BCUT2D eigenvalue weighted by molar-refractivity contribution is -0.194. The second-order valence-electron chi connectivity index (χ2n) is 13.5. The summed E-state index contributed by atoms with van der Waals surface area (Å²) < 4.78 is 5.83. The minimum absolute atomic E-state index is 0.0199. The number of hydrogen-bond donors (Lipinski definition) is 6. The quantitative estimate of drug-likeness (QED) is 0.0408. The van der Waals surface area contributed by atoms with Crippen LogP contribution in [0.3, 0.4) is 0 Å². The van der Waals surface area contributed by atoms with E-state index in [4.69, 9.17) is 4.74 Å². The lowest BCUT2D eigenvalue weighted by atomic mass is 9.45. The molecular formula is C38H60N2O6. The summed E-state index contributed by atoms with van der Waals surface area (Å²) in [5.41, 5.74) is 2.76. The Morgan fingerprint density at radius 2 is 2.00 bits per heavy atom. The van der Waals surface area contributed by atoms with Gasteiger partial charge in [0.05, 0.1) is 31.5 Å². The number of hydrogen-bond acceptors (Lipinski definition) is 8. The molecule has 0 aliphatic heterocycles. The van der Waals surface area contributed by atoms with Crippen molar-refractivity contribution >= 4 is 6.29 Å². The van der Waals surface area contributed by atoms with Crippen LogP contribution < -0.4 is 10.6 Å². The number of likely N-dealkylation sites (N-methyl/N-ethyl adjacent to an activating group) is 1. The second kappa shape index (κ2) is 18.4. The Morgan fingerprint density at radius 3 is 2.67 bits per heavy atom. The highest BCUT2D eigenvalue weighted by Gasteiger charge is 2.68. The van der Waals surface area contributed by atoms with E-state index in [-0.39, 0.29) is 50.1 Å². The molecule has 3 aliphatic rings. The first kappa shape index (κ1) is 38.3. The van der Waals surface area contributed by atoms with Gasteiger partial charge in [-0.2, -0.15) is 0 Å². The smallest absolute Gasteiger partial charge is 0.145 e. The third kappa shape index (κ3) is 8.64. The van der Waals surface area contributed by atoms with E-state index in [0.29, 0.717) is 44.2 Å². The molecule has 0 unspecified atom stereocenters. The molecule has 8 heteroatoms. The van der Waals surface area contributed by atoms with Crippen LogP contribution in [-0.2, 0) is 9.53 Å². The van der Waals surface area contributed by atoms with Gasteiger partial charge in [0, 0.05) is 30.4 Å². The molecule has 0 saturated heterocycles. The Morgan fingerprint density at radius 1 is 1.22 bits per heavy atom. The number of allylic oxidation sites excluding steroid dienone is 9. The molecule has 0 amide bonds. The number of carbonyl (C=O) groups excluding carboxylic acids is 1. The minimum atomic E-state index is -1.19. The molecule has 0 radical (unpaired) electrons. The van der Waals surface area contributed by atoms with Crippen LogP contribution in [0, 0.1) is 29.1 Å². The van der Waals surface area contributed by atoms with Gasteiger partial charge in [0.2, 0.25) is 0 Å². The maximum atomic E-state index is 12.7. The maximum Gasteiger partial charge on any atom is 0.145 e. The predicted octanol–water partition coefficient (Wildman–Crippen LogP) is 4.19. The molecule has 2 bridgehead atoms. The standard InChI is InChI=1S/C38H60N2O6/c1-6-40-24-28(3)11-7-9-27(2)10-8-12-32(26-46-22-21-42)33-15-17-38(36(33)44)35-30(16-20-41)13-14-31(34(35)29(4)25-43)23-37(38,45)18-19-39-5/h8,10-14,25,30-31,33,35-36,39-42,44-45H,2,6-7,9,15-24,26H2,1,3-5H3/b10-8+,28-11+,32-12-,34-29?/t30-,31-,33-,35-,36+,37+,38+/m0/s1. The topological polar surface area (TPSA) is 131 Å². The van der Waals surface area contributed by atoms with E-state index < -0.39 is 17.1 Å². The Kier molecular flexibility index (Phi) is 15.3. The SMILES string of the molecule is C=C(/C=C/C=C(/COCCO)[C@@H]1CC[C@]2([C@@H]1O)[C@@H]1C(=C(C)C=O)[C@@H](C=C[C@H]1CCO)C[C@]2(O)CCNC)CC/C=C(\C)CNCC. The zero-order chi connectivity index (χ0) is 33.7. The summed E-state index contributed by atoms with van der Waals surface area (Å²) in [6.07, 6.45) is 16.8. The highest BCUT2D eigenvalue weighted by atomic mass is 16.5. The van der Waals surface area contributed by atoms with Gasteiger partial charge in [-0.1, -0.05) is 66.7 Å². The second-order valence-corrected chi connectivity index (χ2v) is 13.5. The van der Waals surface area contributed by atoms with Crippen molar-refractivity contribution in [2.24, 2.45) is 29.1 Å². The van der Waals surface area contributed by atoms with Crippen LogP contribution in [-0.4, -0.2) is 91.5 Å². The van der Waals surface area contributed by atoms with E-state index in [0.717, 1.165) is 48.9 Å². The average Bonchev–Trinajstić information content (AvgIpc) is 3.39. The molecule has 0 aromatic rings. The number of fused-ring (bicyclic) bond motifs is 3. The number of ether oxygens (including phenoxy) is 1. The molecule has 258 valence electrons. The molecule has 1 spiro atoms. The van der Waals surface area contributed by atoms with Gasteiger partial charge in [0.15, 0.2) is 0 Å². The molecule has 2 fully saturated rings. The molecular weight excluding hydrogens is 580 g/mol. The summed E-state index contributed by atoms with van der Waals surface area (Å²) in [5.74, 6) is -0.779. The van der Waals surface area contributed by atoms with Gasteiger partial charge in [0.1, 0.15) is 6.29 Å². The highest BCUT2D eigenvalue weighted by Crippen LogP contribution is 2.67. The first-order valence-corrected chi connectivity index (χ1v) is 17.2. The monoisotopic (exact) mass is 640 g/mol. The van der Waals surface area contributed by atoms with Crippen molar-refractivity contribution in [3.05, 3.63) is 70.9 Å². The van der Waals surface area contributed by atoms with E-state index in [1.807, 2.05) is 32.2 Å². The van der Waals surface area contributed by atoms with Gasteiger partial charge < -0.3 is 35.8 Å². The summed E-state index contributed by atoms with van der Waals surface area (Å²) in [4.78, 5) is 12.2.